The minimum atomic E-state index is 0.218. The van der Waals surface area contributed by atoms with Crippen molar-refractivity contribution in [1.82, 2.24) is 10.2 Å². The summed E-state index contributed by atoms with van der Waals surface area (Å²) in [6.07, 6.45) is 9.46. The van der Waals surface area contributed by atoms with E-state index in [1.165, 1.54) is 37.7 Å². The Morgan fingerprint density at radius 1 is 1.17 bits per heavy atom. The maximum absolute atomic E-state index is 12.1. The van der Waals surface area contributed by atoms with Crippen LogP contribution in [0.4, 0.5) is 0 Å². The van der Waals surface area contributed by atoms with Crippen molar-refractivity contribution in [3.63, 3.8) is 0 Å². The summed E-state index contributed by atoms with van der Waals surface area (Å²) < 4.78 is 0. The van der Waals surface area contributed by atoms with Crippen LogP contribution >= 0.6 is 0 Å². The van der Waals surface area contributed by atoms with Crippen LogP contribution in [0.15, 0.2) is 30.3 Å². The lowest BCUT2D eigenvalue weighted by molar-refractivity contribution is -0.121. The Kier molecular flexibility index (Phi) is 7.60. The van der Waals surface area contributed by atoms with Crippen molar-refractivity contribution in [3.05, 3.63) is 35.9 Å². The summed E-state index contributed by atoms with van der Waals surface area (Å²) in [5, 5.41) is 3.14. The molecule has 1 aliphatic rings. The molecule has 0 saturated heterocycles. The van der Waals surface area contributed by atoms with Gasteiger partial charge in [-0.15, -0.1) is 0 Å². The summed E-state index contributed by atoms with van der Waals surface area (Å²) in [6.45, 7) is 0.728. The molecule has 0 radical (unpaired) electrons. The fourth-order valence-corrected chi connectivity index (χ4v) is 3.45. The Hall–Kier alpha value is -1.35. The lowest BCUT2D eigenvalue weighted by Gasteiger charge is -2.25. The van der Waals surface area contributed by atoms with Gasteiger partial charge in [0, 0.05) is 19.0 Å². The average molecular weight is 316 g/mol. The van der Waals surface area contributed by atoms with Gasteiger partial charge in [0.2, 0.25) is 5.91 Å². The highest BCUT2D eigenvalue weighted by Gasteiger charge is 2.16. The van der Waals surface area contributed by atoms with Crippen molar-refractivity contribution in [2.75, 3.05) is 20.6 Å². The fourth-order valence-electron chi connectivity index (χ4n) is 3.45. The van der Waals surface area contributed by atoms with Crippen LogP contribution < -0.4 is 5.32 Å². The van der Waals surface area contributed by atoms with E-state index < -0.39 is 0 Å². The first-order chi connectivity index (χ1) is 11.1. The summed E-state index contributed by atoms with van der Waals surface area (Å²) >= 11 is 0. The number of amides is 1. The second-order valence-corrected chi connectivity index (χ2v) is 7.15. The van der Waals surface area contributed by atoms with Crippen molar-refractivity contribution in [1.29, 1.82) is 0 Å². The molecule has 1 aliphatic carbocycles. The van der Waals surface area contributed by atoms with Gasteiger partial charge in [-0.1, -0.05) is 62.4 Å². The van der Waals surface area contributed by atoms with Crippen molar-refractivity contribution in [2.24, 2.45) is 5.92 Å². The van der Waals surface area contributed by atoms with Crippen LogP contribution in [0.5, 0.6) is 0 Å². The minimum absolute atomic E-state index is 0.218. The molecule has 0 spiro atoms. The average Bonchev–Trinajstić information content (AvgIpc) is 2.58. The Morgan fingerprint density at radius 2 is 1.87 bits per heavy atom. The van der Waals surface area contributed by atoms with E-state index in [1.54, 1.807) is 0 Å². The molecule has 1 atom stereocenters. The van der Waals surface area contributed by atoms with E-state index >= 15 is 0 Å². The molecule has 23 heavy (non-hydrogen) atoms. The lowest BCUT2D eigenvalue weighted by Crippen LogP contribution is -2.41. The number of hydrogen-bond donors (Lipinski definition) is 1. The van der Waals surface area contributed by atoms with Crippen molar-refractivity contribution in [2.45, 2.75) is 57.4 Å². The molecule has 1 amide bonds. The van der Waals surface area contributed by atoms with Crippen molar-refractivity contribution >= 4 is 5.91 Å². The Morgan fingerprint density at radius 3 is 2.52 bits per heavy atom. The number of likely N-dealkylation sites (N-methyl/N-ethyl adjacent to an activating group) is 1. The van der Waals surface area contributed by atoms with Gasteiger partial charge in [0.15, 0.2) is 0 Å². The molecule has 1 unspecified atom stereocenters. The summed E-state index contributed by atoms with van der Waals surface area (Å²) in [5.74, 6) is 0.999. The lowest BCUT2D eigenvalue weighted by atomic mass is 9.86. The van der Waals surface area contributed by atoms with Gasteiger partial charge < -0.3 is 10.2 Å². The molecule has 1 saturated carbocycles. The van der Waals surface area contributed by atoms with Gasteiger partial charge in [-0.3, -0.25) is 4.79 Å². The molecular formula is C20H32N2O. The molecule has 3 nitrogen and oxygen atoms in total. The van der Waals surface area contributed by atoms with Gasteiger partial charge in [-0.25, -0.2) is 0 Å². The van der Waals surface area contributed by atoms with E-state index in [2.05, 4.69) is 48.6 Å². The summed E-state index contributed by atoms with van der Waals surface area (Å²) in [7, 11) is 4.17. The molecule has 0 heterocycles. The zero-order valence-corrected chi connectivity index (χ0v) is 14.8. The number of nitrogens with one attached hydrogen (secondary N) is 1. The number of nitrogens with zero attached hydrogens (tertiary/aromatic N) is 1. The standard InChI is InChI=1S/C20H32N2O/c1-22(2)19(15-18-11-7-4-8-12-18)16-21-20(23)14-13-17-9-5-3-6-10-17/h4,7-8,11-12,17,19H,3,5-6,9-10,13-16H2,1-2H3,(H,21,23). The van der Waals surface area contributed by atoms with Crippen molar-refractivity contribution < 1.29 is 4.79 Å². The maximum Gasteiger partial charge on any atom is 0.220 e. The summed E-state index contributed by atoms with van der Waals surface area (Å²) in [5.41, 5.74) is 1.32. The first kappa shape index (κ1) is 18.0. The highest BCUT2D eigenvalue weighted by Crippen LogP contribution is 2.27. The first-order valence-corrected chi connectivity index (χ1v) is 9.12. The van der Waals surface area contributed by atoms with Gasteiger partial charge in [-0.05, 0) is 38.4 Å². The molecular weight excluding hydrogens is 284 g/mol. The quantitative estimate of drug-likeness (QED) is 0.794. The number of carbonyl (C=O) groups excluding carboxylic acids is 1. The molecule has 128 valence electrons. The molecule has 2 rings (SSSR count). The third-order valence-electron chi connectivity index (χ3n) is 5.08. The number of carbonyl (C=O) groups is 1. The molecule has 0 aliphatic heterocycles. The van der Waals surface area contributed by atoms with Crippen LogP contribution in [-0.4, -0.2) is 37.5 Å². The zero-order chi connectivity index (χ0) is 16.5. The van der Waals surface area contributed by atoms with Crippen molar-refractivity contribution in [3.8, 4) is 0 Å². The largest absolute Gasteiger partial charge is 0.355 e. The molecule has 1 aromatic carbocycles. The predicted octanol–water partition coefficient (Wildman–Crippen LogP) is 3.64. The molecule has 1 N–H and O–H groups in total. The van der Waals surface area contributed by atoms with Crippen LogP contribution in [0.2, 0.25) is 0 Å². The van der Waals surface area contributed by atoms with Gasteiger partial charge in [0.05, 0.1) is 0 Å². The monoisotopic (exact) mass is 316 g/mol. The molecule has 0 aromatic heterocycles. The van der Waals surface area contributed by atoms with E-state index in [-0.39, 0.29) is 5.91 Å². The minimum Gasteiger partial charge on any atom is -0.355 e. The maximum atomic E-state index is 12.1. The van der Waals surface area contributed by atoms with E-state index in [4.69, 9.17) is 0 Å². The van der Waals surface area contributed by atoms with Crippen LogP contribution in [0.1, 0.15) is 50.5 Å². The Balaban J connectivity index is 1.71. The second kappa shape index (κ2) is 9.71. The molecule has 1 fully saturated rings. The number of hydrogen-bond acceptors (Lipinski definition) is 2. The Bertz CT molecular complexity index is 452. The van der Waals surface area contributed by atoms with E-state index in [1.807, 2.05) is 6.07 Å². The van der Waals surface area contributed by atoms with E-state index in [0.29, 0.717) is 12.5 Å². The number of benzene rings is 1. The highest BCUT2D eigenvalue weighted by molar-refractivity contribution is 5.75. The Labute approximate surface area is 141 Å². The number of rotatable bonds is 8. The summed E-state index contributed by atoms with van der Waals surface area (Å²) in [4.78, 5) is 14.3. The van der Waals surface area contributed by atoms with Gasteiger partial charge in [-0.2, -0.15) is 0 Å². The second-order valence-electron chi connectivity index (χ2n) is 7.15. The van der Waals surface area contributed by atoms with Crippen LogP contribution in [-0.2, 0) is 11.2 Å². The molecule has 3 heteroatoms. The van der Waals surface area contributed by atoms with E-state index in [9.17, 15) is 4.79 Å². The molecule has 1 aromatic rings. The van der Waals surface area contributed by atoms with Gasteiger partial charge >= 0.3 is 0 Å². The highest BCUT2D eigenvalue weighted by atomic mass is 16.1. The SMILES string of the molecule is CN(C)C(CNC(=O)CCC1CCCCC1)Cc1ccccc1. The summed E-state index contributed by atoms with van der Waals surface area (Å²) in [6, 6.07) is 10.8. The van der Waals surface area contributed by atoms with Crippen LogP contribution in [0.25, 0.3) is 0 Å². The predicted molar refractivity (Wildman–Crippen MR) is 96.4 cm³/mol. The smallest absolute Gasteiger partial charge is 0.220 e. The normalized spacial score (nSPS) is 17.2. The third-order valence-corrected chi connectivity index (χ3v) is 5.08. The fraction of sp³-hybridized carbons (Fsp3) is 0.650. The van der Waals surface area contributed by atoms with E-state index in [0.717, 1.165) is 25.3 Å². The molecule has 0 bridgehead atoms. The zero-order valence-electron chi connectivity index (χ0n) is 14.8. The topological polar surface area (TPSA) is 32.3 Å². The third kappa shape index (κ3) is 6.74. The van der Waals surface area contributed by atoms with Crippen LogP contribution in [0.3, 0.4) is 0 Å². The van der Waals surface area contributed by atoms with Crippen LogP contribution in [0, 0.1) is 5.92 Å². The van der Waals surface area contributed by atoms with Gasteiger partial charge in [0.1, 0.15) is 0 Å². The first-order valence-electron chi connectivity index (χ1n) is 9.12. The van der Waals surface area contributed by atoms with Gasteiger partial charge in [0.25, 0.3) is 0 Å².